The number of benzene rings is 4. The lowest BCUT2D eigenvalue weighted by Crippen LogP contribution is -2.12. The molecule has 6 aromatic rings. The maximum atomic E-state index is 11.5. The smallest absolute Gasteiger partial charge is 0.313 e. The highest BCUT2D eigenvalue weighted by Crippen LogP contribution is 2.28. The van der Waals surface area contributed by atoms with Crippen molar-refractivity contribution in [3.05, 3.63) is 96.1 Å². The number of epoxide rings is 2. The molecule has 268 valence electrons. The van der Waals surface area contributed by atoms with Gasteiger partial charge in [0, 0.05) is 13.0 Å². The molecule has 2 aliphatic rings. The molecule has 2 fully saturated rings. The first-order valence-corrected chi connectivity index (χ1v) is 17.1. The predicted octanol–water partition coefficient (Wildman–Crippen LogP) is 4.00. The van der Waals surface area contributed by atoms with E-state index in [-0.39, 0.29) is 37.6 Å². The molecule has 0 aliphatic carbocycles. The van der Waals surface area contributed by atoms with Gasteiger partial charge in [0.05, 0.1) is 19.8 Å². The third-order valence-corrected chi connectivity index (χ3v) is 8.15. The fraction of sp³-hybridized carbons (Fsp3) is 0.316. The minimum absolute atomic E-state index is 0.101. The molecule has 1 N–H and O–H groups in total. The van der Waals surface area contributed by atoms with Crippen LogP contribution < -0.4 is 9.47 Å². The van der Waals surface area contributed by atoms with Gasteiger partial charge in [-0.25, -0.2) is 0 Å². The van der Waals surface area contributed by atoms with Gasteiger partial charge in [0.2, 0.25) is 0 Å². The molecule has 8 rings (SSSR count). The fourth-order valence-electron chi connectivity index (χ4n) is 5.29. The Bertz CT molecular complexity index is 2110. The van der Waals surface area contributed by atoms with Gasteiger partial charge in [0.25, 0.3) is 0 Å². The summed E-state index contributed by atoms with van der Waals surface area (Å²) in [5.74, 6) is 0.637. The summed E-state index contributed by atoms with van der Waals surface area (Å²) in [6.45, 7) is 4.11. The van der Waals surface area contributed by atoms with E-state index in [1.54, 1.807) is 9.59 Å². The van der Waals surface area contributed by atoms with Crippen LogP contribution in [0.3, 0.4) is 0 Å². The number of hydrogen-bond acceptors (Lipinski definition) is 12. The Balaban J connectivity index is 0.000000166. The summed E-state index contributed by atoms with van der Waals surface area (Å²) in [5, 5.41) is 27.3. The van der Waals surface area contributed by atoms with Gasteiger partial charge in [-0.05, 0) is 73.0 Å². The third-order valence-electron chi connectivity index (χ3n) is 8.15. The number of carbonyl (C=O) groups is 2. The van der Waals surface area contributed by atoms with Crippen LogP contribution in [-0.4, -0.2) is 98.7 Å². The minimum Gasteiger partial charge on any atom is -0.488 e. The molecule has 2 aliphatic heterocycles. The zero-order chi connectivity index (χ0) is 35.9. The molecule has 2 saturated heterocycles. The Morgan fingerprint density at radius 2 is 1.15 bits per heavy atom. The second-order valence-electron chi connectivity index (χ2n) is 12.4. The molecule has 2 atom stereocenters. The zero-order valence-electron chi connectivity index (χ0n) is 28.6. The molecule has 2 aromatic heterocycles. The number of aliphatic hydroxyl groups excluding tert-OH is 1. The van der Waals surface area contributed by atoms with Crippen LogP contribution in [0.1, 0.15) is 24.5 Å². The lowest BCUT2D eigenvalue weighted by Gasteiger charge is -2.12. The van der Waals surface area contributed by atoms with Crippen LogP contribution in [0.5, 0.6) is 11.5 Å². The number of hydrogen-bond donors (Lipinski definition) is 1. The van der Waals surface area contributed by atoms with Crippen molar-refractivity contribution in [2.24, 2.45) is 0 Å². The van der Waals surface area contributed by atoms with Gasteiger partial charge in [-0.1, -0.05) is 36.4 Å². The van der Waals surface area contributed by atoms with Crippen LogP contribution >= 0.6 is 0 Å². The SMILES string of the molecule is CC(=O)CC(=O)OCCc1ccc(OCC2CO2)c(-n2nc3ccccc3n2)c1.OCCc1ccc(OCC2CO2)c(-n2nc3ccccc3n2)c1. The van der Waals surface area contributed by atoms with Crippen molar-refractivity contribution in [1.82, 2.24) is 30.0 Å². The summed E-state index contributed by atoms with van der Waals surface area (Å²) in [4.78, 5) is 25.7. The maximum Gasteiger partial charge on any atom is 0.313 e. The number of aliphatic hydroxyl groups is 1. The molecule has 0 spiro atoms. The number of Topliss-reactive ketones (excluding diaryl/α,β-unsaturated/α-hetero) is 1. The van der Waals surface area contributed by atoms with Crippen molar-refractivity contribution in [2.45, 2.75) is 38.4 Å². The average Bonchev–Trinajstić information content (AvgIpc) is 4.07. The number of rotatable bonds is 15. The molecule has 0 bridgehead atoms. The molecule has 4 heterocycles. The second kappa shape index (κ2) is 16.1. The Morgan fingerprint density at radius 3 is 1.56 bits per heavy atom. The molecule has 14 heteroatoms. The molecule has 0 amide bonds. The van der Waals surface area contributed by atoms with Crippen LogP contribution in [-0.2, 0) is 36.6 Å². The van der Waals surface area contributed by atoms with E-state index in [2.05, 4.69) is 20.4 Å². The van der Waals surface area contributed by atoms with Crippen molar-refractivity contribution >= 4 is 33.8 Å². The van der Waals surface area contributed by atoms with E-state index in [1.807, 2.05) is 84.9 Å². The summed E-state index contributed by atoms with van der Waals surface area (Å²) < 4.78 is 27.3. The van der Waals surface area contributed by atoms with E-state index in [0.717, 1.165) is 45.5 Å². The maximum absolute atomic E-state index is 11.5. The number of esters is 1. The molecule has 2 unspecified atom stereocenters. The fourth-order valence-corrected chi connectivity index (χ4v) is 5.29. The number of ether oxygens (including phenoxy) is 5. The predicted molar refractivity (Wildman–Crippen MR) is 189 cm³/mol. The van der Waals surface area contributed by atoms with E-state index < -0.39 is 5.97 Å². The molecule has 52 heavy (non-hydrogen) atoms. The van der Waals surface area contributed by atoms with Crippen LogP contribution in [0.15, 0.2) is 84.9 Å². The monoisotopic (exact) mass is 706 g/mol. The summed E-state index contributed by atoms with van der Waals surface area (Å²) >= 11 is 0. The Kier molecular flexibility index (Phi) is 10.8. The van der Waals surface area contributed by atoms with Gasteiger partial charge in [-0.2, -0.15) is 0 Å². The number of nitrogens with zero attached hydrogens (tertiary/aromatic N) is 6. The van der Waals surface area contributed by atoms with Crippen LogP contribution in [0.2, 0.25) is 0 Å². The summed E-state index contributed by atoms with van der Waals surface area (Å²) in [6, 6.07) is 26.8. The lowest BCUT2D eigenvalue weighted by atomic mass is 10.1. The van der Waals surface area contributed by atoms with Crippen LogP contribution in [0.25, 0.3) is 33.4 Å². The van der Waals surface area contributed by atoms with E-state index >= 15 is 0 Å². The van der Waals surface area contributed by atoms with Crippen LogP contribution in [0.4, 0.5) is 0 Å². The first kappa shape index (κ1) is 34.7. The Hall–Kier alpha value is -5.70. The highest BCUT2D eigenvalue weighted by Gasteiger charge is 2.25. The van der Waals surface area contributed by atoms with E-state index in [9.17, 15) is 9.59 Å². The summed E-state index contributed by atoms with van der Waals surface area (Å²) in [5.41, 5.74) is 6.65. The van der Waals surface area contributed by atoms with Crippen molar-refractivity contribution in [3.63, 3.8) is 0 Å². The molecular weight excluding hydrogens is 668 g/mol. The number of carbonyl (C=O) groups excluding carboxylic acids is 2. The summed E-state index contributed by atoms with van der Waals surface area (Å²) in [6.07, 6.45) is 1.20. The van der Waals surface area contributed by atoms with Gasteiger partial charge in [-0.15, -0.1) is 30.0 Å². The minimum atomic E-state index is -0.512. The lowest BCUT2D eigenvalue weighted by molar-refractivity contribution is -0.145. The highest BCUT2D eigenvalue weighted by atomic mass is 16.6. The second-order valence-corrected chi connectivity index (χ2v) is 12.4. The van der Waals surface area contributed by atoms with Gasteiger partial charge >= 0.3 is 5.97 Å². The van der Waals surface area contributed by atoms with Gasteiger partial charge in [-0.3, -0.25) is 9.59 Å². The standard InChI is InChI=1S/C21H21N3O5.C17H17N3O3/c1-14(25)10-21(26)27-9-8-15-6-7-20(29-13-16-12-28-16)19(11-15)24-22-17-4-2-3-5-18(17)23-24;21-8-7-12-5-6-17(23-11-13-10-22-13)16(9-12)20-18-14-3-1-2-4-15(14)19-20/h2-7,11,16H,8-10,12-13H2,1H3;1-6,9,13,21H,7-8,10-11H2. The Labute approximate surface area is 298 Å². The Morgan fingerprint density at radius 1 is 0.712 bits per heavy atom. The van der Waals surface area contributed by atoms with E-state index in [0.29, 0.717) is 49.8 Å². The van der Waals surface area contributed by atoms with Crippen LogP contribution in [0, 0.1) is 0 Å². The third kappa shape index (κ3) is 9.15. The first-order chi connectivity index (χ1) is 25.4. The van der Waals surface area contributed by atoms with E-state index in [1.165, 1.54) is 6.92 Å². The largest absolute Gasteiger partial charge is 0.488 e. The van der Waals surface area contributed by atoms with Crippen molar-refractivity contribution in [2.75, 3.05) is 39.6 Å². The number of ketones is 1. The number of aromatic nitrogens is 6. The number of fused-ring (bicyclic) bond motifs is 2. The molecule has 4 aromatic carbocycles. The highest BCUT2D eigenvalue weighted by molar-refractivity contribution is 5.94. The molecule has 14 nitrogen and oxygen atoms in total. The van der Waals surface area contributed by atoms with Gasteiger partial charge < -0.3 is 28.8 Å². The molecular formula is C38H38N6O8. The van der Waals surface area contributed by atoms with Crippen molar-refractivity contribution in [1.29, 1.82) is 0 Å². The normalized spacial score (nSPS) is 15.9. The first-order valence-electron chi connectivity index (χ1n) is 17.1. The average molecular weight is 707 g/mol. The molecule has 0 saturated carbocycles. The topological polar surface area (TPSA) is 169 Å². The van der Waals surface area contributed by atoms with E-state index in [4.69, 9.17) is 28.8 Å². The van der Waals surface area contributed by atoms with Crippen molar-refractivity contribution < 1.29 is 38.4 Å². The quantitative estimate of drug-likeness (QED) is 0.0928. The van der Waals surface area contributed by atoms with Gasteiger partial charge in [0.15, 0.2) is 0 Å². The zero-order valence-corrected chi connectivity index (χ0v) is 28.6. The summed E-state index contributed by atoms with van der Waals surface area (Å²) in [7, 11) is 0. The van der Waals surface area contributed by atoms with Gasteiger partial charge in [0.1, 0.15) is 82.6 Å². The molecule has 0 radical (unpaired) electrons. The van der Waals surface area contributed by atoms with Crippen molar-refractivity contribution in [3.8, 4) is 22.9 Å².